The van der Waals surface area contributed by atoms with Gasteiger partial charge in [0.2, 0.25) is 6.29 Å². The van der Waals surface area contributed by atoms with Crippen LogP contribution >= 0.6 is 0 Å². The first kappa shape index (κ1) is 23.0. The van der Waals surface area contributed by atoms with Crippen molar-refractivity contribution in [2.45, 2.75) is 87.9 Å². The minimum absolute atomic E-state index is 0.248. The molecular weight excluding hydrogens is 432 g/mol. The summed E-state index contributed by atoms with van der Waals surface area (Å²) in [5, 5.41) is 60.2. The van der Waals surface area contributed by atoms with E-state index in [1.165, 1.54) is 5.56 Å². The van der Waals surface area contributed by atoms with Crippen molar-refractivity contribution in [2.75, 3.05) is 0 Å². The van der Waals surface area contributed by atoms with Gasteiger partial charge in [-0.2, -0.15) is 0 Å². The van der Waals surface area contributed by atoms with E-state index in [1.807, 2.05) is 12.1 Å². The molecule has 1 aromatic rings. The first-order chi connectivity index (χ1) is 15.6. The number of aryl methyl sites for hydroxylation is 1. The van der Waals surface area contributed by atoms with E-state index in [-0.39, 0.29) is 11.3 Å². The average molecular weight is 465 g/mol. The molecule has 1 aromatic carbocycles. The van der Waals surface area contributed by atoms with Gasteiger partial charge in [-0.05, 0) is 78.5 Å². The van der Waals surface area contributed by atoms with Gasteiger partial charge in [0.25, 0.3) is 0 Å². The smallest absolute Gasteiger partial charge is 0.335 e. The summed E-state index contributed by atoms with van der Waals surface area (Å²) >= 11 is 0. The number of hydrogen-bond acceptors (Lipinski definition) is 8. The van der Waals surface area contributed by atoms with Gasteiger partial charge in [0, 0.05) is 0 Å². The Bertz CT molecular complexity index is 921. The number of rotatable bonds is 3. The maximum absolute atomic E-state index is 11.3. The minimum atomic E-state index is -1.76. The molecule has 3 fully saturated rings. The van der Waals surface area contributed by atoms with Gasteiger partial charge in [-0.3, -0.25) is 0 Å². The molecule has 182 valence electrons. The van der Waals surface area contributed by atoms with E-state index in [9.17, 15) is 35.4 Å². The van der Waals surface area contributed by atoms with Gasteiger partial charge in [-0.25, -0.2) is 4.79 Å². The average Bonchev–Trinajstić information content (AvgIpc) is 3.02. The van der Waals surface area contributed by atoms with Crippen molar-refractivity contribution in [3.8, 4) is 5.75 Å². The van der Waals surface area contributed by atoms with Crippen LogP contribution < -0.4 is 4.74 Å². The third kappa shape index (κ3) is 3.57. The second-order valence-corrected chi connectivity index (χ2v) is 10.4. The molecule has 33 heavy (non-hydrogen) atoms. The Labute approximate surface area is 191 Å². The quantitative estimate of drug-likeness (QED) is 0.366. The maximum Gasteiger partial charge on any atom is 0.335 e. The zero-order valence-corrected chi connectivity index (χ0v) is 18.4. The van der Waals surface area contributed by atoms with Crippen molar-refractivity contribution in [2.24, 2.45) is 17.3 Å². The number of hydrogen-bond donors (Lipinski definition) is 6. The second-order valence-electron chi connectivity index (χ2n) is 10.4. The molecule has 0 amide bonds. The zero-order valence-electron chi connectivity index (χ0n) is 18.4. The highest BCUT2D eigenvalue weighted by molar-refractivity contribution is 5.73. The Balaban J connectivity index is 1.34. The molecule has 1 heterocycles. The van der Waals surface area contributed by atoms with Crippen molar-refractivity contribution in [3.63, 3.8) is 0 Å². The van der Waals surface area contributed by atoms with Crippen molar-refractivity contribution >= 4 is 5.97 Å². The van der Waals surface area contributed by atoms with E-state index in [4.69, 9.17) is 9.47 Å². The van der Waals surface area contributed by atoms with Crippen LogP contribution in [0.15, 0.2) is 18.2 Å². The fourth-order valence-corrected chi connectivity index (χ4v) is 6.90. The van der Waals surface area contributed by atoms with Gasteiger partial charge in [-0.15, -0.1) is 0 Å². The molecule has 4 aliphatic rings. The topological polar surface area (TPSA) is 157 Å². The molecule has 6 N–H and O–H groups in total. The minimum Gasteiger partial charge on any atom is -0.479 e. The molecule has 0 bridgehead atoms. The van der Waals surface area contributed by atoms with Gasteiger partial charge in [0.1, 0.15) is 24.1 Å². The largest absolute Gasteiger partial charge is 0.479 e. The summed E-state index contributed by atoms with van der Waals surface area (Å²) in [5.74, 6) is -0.0622. The van der Waals surface area contributed by atoms with Crippen molar-refractivity contribution in [1.82, 2.24) is 0 Å². The molecule has 0 radical (unpaired) electrons. The molecule has 0 aromatic heterocycles. The summed E-state index contributed by atoms with van der Waals surface area (Å²) < 4.78 is 10.9. The van der Waals surface area contributed by atoms with Gasteiger partial charge in [-0.1, -0.05) is 13.0 Å². The summed E-state index contributed by atoms with van der Waals surface area (Å²) in [6.45, 7) is 2.10. The molecule has 5 rings (SSSR count). The molecule has 9 nitrogen and oxygen atoms in total. The number of benzene rings is 1. The molecule has 1 aliphatic heterocycles. The molecule has 2 saturated carbocycles. The third-order valence-corrected chi connectivity index (χ3v) is 8.74. The van der Waals surface area contributed by atoms with E-state index < -0.39 is 48.9 Å². The molecule has 3 aliphatic carbocycles. The van der Waals surface area contributed by atoms with E-state index in [0.717, 1.165) is 31.2 Å². The molecule has 11 atom stereocenters. The first-order valence-electron chi connectivity index (χ1n) is 11.7. The molecule has 9 heteroatoms. The molecule has 0 spiro atoms. The Morgan fingerprint density at radius 1 is 1.09 bits per heavy atom. The number of aliphatic hydroxyl groups is 5. The van der Waals surface area contributed by atoms with Crippen LogP contribution in [0, 0.1) is 17.3 Å². The highest BCUT2D eigenvalue weighted by atomic mass is 16.7. The second kappa shape index (κ2) is 8.18. The zero-order chi connectivity index (χ0) is 23.7. The number of carboxylic acids is 1. The van der Waals surface area contributed by atoms with Crippen LogP contribution in [0.5, 0.6) is 5.75 Å². The van der Waals surface area contributed by atoms with Crippen LogP contribution in [-0.2, 0) is 16.0 Å². The summed E-state index contributed by atoms with van der Waals surface area (Å²) in [5.41, 5.74) is 2.08. The van der Waals surface area contributed by atoms with E-state index in [2.05, 4.69) is 6.92 Å². The summed E-state index contributed by atoms with van der Waals surface area (Å²) in [6, 6.07) is 5.60. The lowest BCUT2D eigenvalue weighted by molar-refractivity contribution is -0.271. The van der Waals surface area contributed by atoms with Crippen molar-refractivity contribution < 1.29 is 44.9 Å². The van der Waals surface area contributed by atoms with Crippen molar-refractivity contribution in [3.05, 3.63) is 29.3 Å². The monoisotopic (exact) mass is 464 g/mol. The van der Waals surface area contributed by atoms with Crippen LogP contribution in [0.2, 0.25) is 0 Å². The van der Waals surface area contributed by atoms with Crippen LogP contribution in [0.25, 0.3) is 0 Å². The van der Waals surface area contributed by atoms with E-state index >= 15 is 0 Å². The van der Waals surface area contributed by atoms with Gasteiger partial charge < -0.3 is 40.1 Å². The highest BCUT2D eigenvalue weighted by Crippen LogP contribution is 2.61. The Hall–Kier alpha value is -1.75. The Morgan fingerprint density at radius 3 is 2.58 bits per heavy atom. The number of carboxylic acid groups (broad SMARTS) is 1. The van der Waals surface area contributed by atoms with E-state index in [0.29, 0.717) is 24.0 Å². The number of aliphatic hydroxyl groups excluding tert-OH is 5. The van der Waals surface area contributed by atoms with E-state index in [1.54, 1.807) is 6.07 Å². The number of fused-ring (bicyclic) bond motifs is 5. The summed E-state index contributed by atoms with van der Waals surface area (Å²) in [6.07, 6.45) is -5.40. The molecule has 1 saturated heterocycles. The SMILES string of the molecule is C[C@]12CC[C@@H]3c4ccc(O[C@@H]5O[C@H](C(=O)O)[C@@H](O)[C@H](O)[C@H]5O)cc4CC[C@H]3[C@H]1C[C@@H](O)[C@@H]2O. The first-order valence-corrected chi connectivity index (χ1v) is 11.7. The lowest BCUT2D eigenvalue weighted by Crippen LogP contribution is -2.61. The molecule has 0 unspecified atom stereocenters. The number of aliphatic carboxylic acids is 1. The van der Waals surface area contributed by atoms with Gasteiger partial charge >= 0.3 is 5.97 Å². The Morgan fingerprint density at radius 2 is 1.85 bits per heavy atom. The normalized spacial score (nSPS) is 46.7. The predicted octanol–water partition coefficient (Wildman–Crippen LogP) is 0.145. The van der Waals surface area contributed by atoms with Crippen LogP contribution in [-0.4, -0.2) is 79.5 Å². The van der Waals surface area contributed by atoms with Gasteiger partial charge in [0.05, 0.1) is 12.2 Å². The molecular formula is C24H32O9. The van der Waals surface area contributed by atoms with Crippen LogP contribution in [0.3, 0.4) is 0 Å². The maximum atomic E-state index is 11.3. The fraction of sp³-hybridized carbons (Fsp3) is 0.708. The highest BCUT2D eigenvalue weighted by Gasteiger charge is 2.57. The lowest BCUT2D eigenvalue weighted by atomic mass is 9.55. The third-order valence-electron chi connectivity index (χ3n) is 8.74. The standard InChI is InChI=1S/C24H32O9/c1-24-7-6-13-12-5-3-11(32-23-19(28)17(26)18(27)20(33-23)22(30)31)8-10(12)2-4-14(13)15(24)9-16(25)21(24)29/h3,5,8,13-21,23,25-29H,2,4,6-7,9H2,1H3,(H,30,31)/t13-,14-,15-,16-,17+,18+,19-,20+,21+,23-,24+/m1/s1. The van der Waals surface area contributed by atoms with Crippen LogP contribution in [0.1, 0.15) is 49.7 Å². The number of carbonyl (C=O) groups is 1. The summed E-state index contributed by atoms with van der Waals surface area (Å²) in [7, 11) is 0. The fourth-order valence-electron chi connectivity index (χ4n) is 6.90. The van der Waals surface area contributed by atoms with Gasteiger partial charge in [0.15, 0.2) is 6.10 Å². The number of ether oxygens (including phenoxy) is 2. The van der Waals surface area contributed by atoms with Crippen LogP contribution in [0.4, 0.5) is 0 Å². The predicted molar refractivity (Wildman–Crippen MR) is 113 cm³/mol. The lowest BCUT2D eigenvalue weighted by Gasteiger charge is -2.50. The Kier molecular flexibility index (Phi) is 5.70. The van der Waals surface area contributed by atoms with Crippen molar-refractivity contribution in [1.29, 1.82) is 0 Å². The summed E-state index contributed by atoms with van der Waals surface area (Å²) in [4.78, 5) is 11.3.